The molecular weight excluding hydrogens is 333 g/mol. The van der Waals surface area contributed by atoms with Crippen molar-refractivity contribution in [2.24, 2.45) is 0 Å². The summed E-state index contributed by atoms with van der Waals surface area (Å²) in [5.74, 6) is 0.793. The molecule has 0 saturated carbocycles. The third-order valence-electron chi connectivity index (χ3n) is 2.53. The molecule has 0 radical (unpaired) electrons. The maximum Gasteiger partial charge on any atom is 0.163 e. The van der Waals surface area contributed by atoms with Crippen LogP contribution in [0.15, 0.2) is 22.7 Å². The smallest absolute Gasteiger partial charge is 0.163 e. The number of hydrogen-bond donors (Lipinski definition) is 1. The number of nitrogens with one attached hydrogen (secondary N) is 1. The largest absolute Gasteiger partial charge is 0.369 e. The van der Waals surface area contributed by atoms with Crippen LogP contribution in [0.2, 0.25) is 5.02 Å². The second-order valence-electron chi connectivity index (χ2n) is 3.95. The second kappa shape index (κ2) is 5.84. The molecule has 0 spiro atoms. The number of anilines is 1. The monoisotopic (exact) mass is 343 g/mol. The predicted octanol–water partition coefficient (Wildman–Crippen LogP) is 4.44. The first-order chi connectivity index (χ1) is 9.02. The van der Waals surface area contributed by atoms with E-state index < -0.39 is 0 Å². The first kappa shape index (κ1) is 14.2. The summed E-state index contributed by atoms with van der Waals surface area (Å²) < 4.78 is 13.9. The fourth-order valence-corrected chi connectivity index (χ4v) is 2.20. The van der Waals surface area contributed by atoms with Crippen LogP contribution in [0.25, 0.3) is 11.4 Å². The molecule has 0 bridgehead atoms. The molecule has 19 heavy (non-hydrogen) atoms. The maximum atomic E-state index is 13.1. The number of hydrogen-bond acceptors (Lipinski definition) is 3. The minimum Gasteiger partial charge on any atom is -0.369 e. The average Bonchev–Trinajstić information content (AvgIpc) is 2.35. The molecular formula is C13H12BrClFN3. The fraction of sp³-hybridized carbons (Fsp3) is 0.231. The van der Waals surface area contributed by atoms with E-state index in [2.05, 4.69) is 31.2 Å². The standard InChI is InChI=1S/C13H12BrClFN3/c1-3-17-13-11(14)7(2)18-12(19-13)9-5-4-8(16)6-10(9)15/h4-6H,3H2,1-2H3,(H,17,18,19). The lowest BCUT2D eigenvalue weighted by Crippen LogP contribution is -2.04. The summed E-state index contributed by atoms with van der Waals surface area (Å²) in [5.41, 5.74) is 1.40. The summed E-state index contributed by atoms with van der Waals surface area (Å²) in [6, 6.07) is 4.18. The molecule has 1 heterocycles. The normalized spacial score (nSPS) is 10.6. The van der Waals surface area contributed by atoms with Crippen molar-refractivity contribution in [1.29, 1.82) is 0 Å². The Morgan fingerprint density at radius 3 is 2.74 bits per heavy atom. The van der Waals surface area contributed by atoms with Crippen LogP contribution in [0.3, 0.4) is 0 Å². The molecule has 0 atom stereocenters. The third kappa shape index (κ3) is 3.04. The molecule has 0 fully saturated rings. The zero-order valence-corrected chi connectivity index (χ0v) is 12.8. The van der Waals surface area contributed by atoms with E-state index in [0.717, 1.165) is 16.7 Å². The van der Waals surface area contributed by atoms with Gasteiger partial charge in [-0.05, 0) is 48.0 Å². The van der Waals surface area contributed by atoms with E-state index in [1.165, 1.54) is 12.1 Å². The van der Waals surface area contributed by atoms with Gasteiger partial charge in [0.05, 0.1) is 15.2 Å². The topological polar surface area (TPSA) is 37.8 Å². The van der Waals surface area contributed by atoms with Crippen LogP contribution in [0.4, 0.5) is 10.2 Å². The van der Waals surface area contributed by atoms with Crippen LogP contribution in [0.1, 0.15) is 12.6 Å². The molecule has 100 valence electrons. The summed E-state index contributed by atoms with van der Waals surface area (Å²) in [7, 11) is 0. The molecule has 2 aromatic rings. The van der Waals surface area contributed by atoms with Gasteiger partial charge >= 0.3 is 0 Å². The van der Waals surface area contributed by atoms with Gasteiger partial charge in [0.1, 0.15) is 11.6 Å². The van der Waals surface area contributed by atoms with Gasteiger partial charge in [0.15, 0.2) is 5.82 Å². The highest BCUT2D eigenvalue weighted by Crippen LogP contribution is 2.30. The Kier molecular flexibility index (Phi) is 4.37. The Hall–Kier alpha value is -1.20. The lowest BCUT2D eigenvalue weighted by molar-refractivity contribution is 0.628. The Balaban J connectivity index is 2.56. The third-order valence-corrected chi connectivity index (χ3v) is 3.80. The second-order valence-corrected chi connectivity index (χ2v) is 5.15. The number of rotatable bonds is 3. The van der Waals surface area contributed by atoms with Gasteiger partial charge in [-0.2, -0.15) is 0 Å². The van der Waals surface area contributed by atoms with E-state index in [0.29, 0.717) is 22.2 Å². The molecule has 0 aliphatic rings. The van der Waals surface area contributed by atoms with Gasteiger partial charge in [-0.15, -0.1) is 0 Å². The van der Waals surface area contributed by atoms with Crippen LogP contribution < -0.4 is 5.32 Å². The van der Waals surface area contributed by atoms with E-state index in [1.54, 1.807) is 6.07 Å². The number of benzene rings is 1. The molecule has 1 N–H and O–H groups in total. The van der Waals surface area contributed by atoms with Crippen molar-refractivity contribution in [1.82, 2.24) is 9.97 Å². The Morgan fingerprint density at radius 2 is 2.11 bits per heavy atom. The summed E-state index contributed by atoms with van der Waals surface area (Å²) >= 11 is 9.47. The van der Waals surface area contributed by atoms with E-state index in [9.17, 15) is 4.39 Å². The number of nitrogens with zero attached hydrogens (tertiary/aromatic N) is 2. The molecule has 3 nitrogen and oxygen atoms in total. The lowest BCUT2D eigenvalue weighted by atomic mass is 10.2. The number of aromatic nitrogens is 2. The maximum absolute atomic E-state index is 13.1. The molecule has 6 heteroatoms. The number of aryl methyl sites for hydroxylation is 1. The highest BCUT2D eigenvalue weighted by atomic mass is 79.9. The first-order valence-corrected chi connectivity index (χ1v) is 6.93. The lowest BCUT2D eigenvalue weighted by Gasteiger charge is -2.10. The van der Waals surface area contributed by atoms with E-state index in [-0.39, 0.29) is 5.82 Å². The molecule has 0 aliphatic heterocycles. The molecule has 0 saturated heterocycles. The summed E-state index contributed by atoms with van der Waals surface area (Å²) in [4.78, 5) is 8.78. The van der Waals surface area contributed by atoms with Gasteiger partial charge < -0.3 is 5.32 Å². The van der Waals surface area contributed by atoms with Crippen LogP contribution in [0.5, 0.6) is 0 Å². The summed E-state index contributed by atoms with van der Waals surface area (Å²) in [5, 5.41) is 3.44. The summed E-state index contributed by atoms with van der Waals surface area (Å²) in [6.45, 7) is 4.59. The van der Waals surface area contributed by atoms with Gasteiger partial charge in [0.25, 0.3) is 0 Å². The minimum absolute atomic E-state index is 0.296. The van der Waals surface area contributed by atoms with Crippen molar-refractivity contribution < 1.29 is 4.39 Å². The van der Waals surface area contributed by atoms with Gasteiger partial charge in [-0.3, -0.25) is 0 Å². The molecule has 0 unspecified atom stereocenters. The number of halogens is 3. The Morgan fingerprint density at radius 1 is 1.37 bits per heavy atom. The van der Waals surface area contributed by atoms with E-state index in [1.807, 2.05) is 13.8 Å². The Bertz CT molecular complexity index is 619. The van der Waals surface area contributed by atoms with Gasteiger partial charge in [-0.25, -0.2) is 14.4 Å². The van der Waals surface area contributed by atoms with Crippen molar-refractivity contribution in [2.75, 3.05) is 11.9 Å². The predicted molar refractivity (Wildman–Crippen MR) is 79.0 cm³/mol. The van der Waals surface area contributed by atoms with Crippen LogP contribution >= 0.6 is 27.5 Å². The van der Waals surface area contributed by atoms with Crippen molar-refractivity contribution in [2.45, 2.75) is 13.8 Å². The molecule has 0 amide bonds. The van der Waals surface area contributed by atoms with Gasteiger partial charge in [-0.1, -0.05) is 11.6 Å². The average molecular weight is 345 g/mol. The van der Waals surface area contributed by atoms with E-state index >= 15 is 0 Å². The quantitative estimate of drug-likeness (QED) is 0.894. The van der Waals surface area contributed by atoms with Gasteiger partial charge in [0.2, 0.25) is 0 Å². The zero-order chi connectivity index (χ0) is 14.0. The zero-order valence-electron chi connectivity index (χ0n) is 10.5. The van der Waals surface area contributed by atoms with Crippen molar-refractivity contribution in [3.05, 3.63) is 39.2 Å². The molecule has 1 aromatic heterocycles. The minimum atomic E-state index is -0.380. The first-order valence-electron chi connectivity index (χ1n) is 5.76. The molecule has 2 rings (SSSR count). The fourth-order valence-electron chi connectivity index (χ4n) is 1.64. The van der Waals surface area contributed by atoms with E-state index in [4.69, 9.17) is 11.6 Å². The Labute approximate surface area is 124 Å². The molecule has 0 aliphatic carbocycles. The van der Waals surface area contributed by atoms with Gasteiger partial charge in [0, 0.05) is 12.1 Å². The molecule has 1 aromatic carbocycles. The summed E-state index contributed by atoms with van der Waals surface area (Å²) in [6.07, 6.45) is 0. The van der Waals surface area contributed by atoms with Crippen molar-refractivity contribution >= 4 is 33.3 Å². The van der Waals surface area contributed by atoms with Crippen molar-refractivity contribution in [3.63, 3.8) is 0 Å². The van der Waals surface area contributed by atoms with Crippen LogP contribution in [0, 0.1) is 12.7 Å². The van der Waals surface area contributed by atoms with Crippen LogP contribution in [-0.4, -0.2) is 16.5 Å². The highest BCUT2D eigenvalue weighted by molar-refractivity contribution is 9.10. The SMILES string of the molecule is CCNc1nc(-c2ccc(F)cc2Cl)nc(C)c1Br. The van der Waals surface area contributed by atoms with Crippen molar-refractivity contribution in [3.8, 4) is 11.4 Å². The van der Waals surface area contributed by atoms with Crippen LogP contribution in [-0.2, 0) is 0 Å². The highest BCUT2D eigenvalue weighted by Gasteiger charge is 2.13.